The first-order chi connectivity index (χ1) is 12.2. The van der Waals surface area contributed by atoms with E-state index < -0.39 is 15.7 Å². The van der Waals surface area contributed by atoms with Gasteiger partial charge in [0.2, 0.25) is 0 Å². The molecule has 0 radical (unpaired) electrons. The van der Waals surface area contributed by atoms with Crippen molar-refractivity contribution in [3.8, 4) is 0 Å². The van der Waals surface area contributed by atoms with E-state index in [-0.39, 0.29) is 27.1 Å². The van der Waals surface area contributed by atoms with Crippen LogP contribution in [0.1, 0.15) is 27.6 Å². The number of hydrogen-bond acceptors (Lipinski definition) is 4. The Hall–Kier alpha value is -2.38. The van der Waals surface area contributed by atoms with Crippen LogP contribution >= 0.6 is 11.6 Å². The minimum Gasteiger partial charge on any atom is -0.345 e. The Kier molecular flexibility index (Phi) is 6.05. The van der Waals surface area contributed by atoms with E-state index in [0.717, 1.165) is 0 Å². The molecule has 0 fully saturated rings. The maximum atomic E-state index is 12.5. The summed E-state index contributed by atoms with van der Waals surface area (Å²) >= 11 is 6.13. The van der Waals surface area contributed by atoms with E-state index in [2.05, 4.69) is 5.32 Å². The van der Waals surface area contributed by atoms with Crippen molar-refractivity contribution in [3.05, 3.63) is 58.6 Å². The summed E-state index contributed by atoms with van der Waals surface area (Å²) in [5.74, 6) is -0.933. The summed E-state index contributed by atoms with van der Waals surface area (Å²) in [6.45, 7) is 1.52. The van der Waals surface area contributed by atoms with Crippen LogP contribution in [0.25, 0.3) is 0 Å². The third kappa shape index (κ3) is 4.23. The lowest BCUT2D eigenvalue weighted by atomic mass is 10.1. The summed E-state index contributed by atoms with van der Waals surface area (Å²) in [5.41, 5.74) is 0.724. The normalized spacial score (nSPS) is 11.1. The topological polar surface area (TPSA) is 83.5 Å². The van der Waals surface area contributed by atoms with Crippen LogP contribution in [0.4, 0.5) is 5.69 Å². The summed E-state index contributed by atoms with van der Waals surface area (Å²) in [6, 6.07) is 10.5. The third-order valence-corrected chi connectivity index (χ3v) is 5.81. The molecule has 0 heterocycles. The number of carbonyl (C=O) groups is 2. The first-order valence-electron chi connectivity index (χ1n) is 7.81. The van der Waals surface area contributed by atoms with E-state index in [1.165, 1.54) is 42.2 Å². The highest BCUT2D eigenvalue weighted by atomic mass is 35.5. The lowest BCUT2D eigenvalue weighted by Gasteiger charge is -2.13. The maximum Gasteiger partial charge on any atom is 0.256 e. The van der Waals surface area contributed by atoms with Gasteiger partial charge >= 0.3 is 0 Å². The van der Waals surface area contributed by atoms with Crippen molar-refractivity contribution >= 4 is 38.9 Å². The van der Waals surface area contributed by atoms with Crippen LogP contribution in [0.15, 0.2) is 47.4 Å². The highest BCUT2D eigenvalue weighted by Gasteiger charge is 2.21. The zero-order chi connectivity index (χ0) is 19.5. The molecular formula is C18H19ClN2O4S. The molecule has 0 saturated carbocycles. The number of halogens is 1. The van der Waals surface area contributed by atoms with Crippen LogP contribution < -0.4 is 5.32 Å². The van der Waals surface area contributed by atoms with Gasteiger partial charge in [0.15, 0.2) is 9.84 Å². The van der Waals surface area contributed by atoms with Gasteiger partial charge in [-0.05, 0) is 30.3 Å². The molecule has 2 amide bonds. The third-order valence-electron chi connectivity index (χ3n) is 3.71. The lowest BCUT2D eigenvalue weighted by molar-refractivity contribution is 0.0827. The molecule has 2 rings (SSSR count). The molecule has 0 unspecified atom stereocenters. The van der Waals surface area contributed by atoms with Gasteiger partial charge < -0.3 is 10.2 Å². The molecule has 8 heteroatoms. The highest BCUT2D eigenvalue weighted by Crippen LogP contribution is 2.24. The Bertz CT molecular complexity index is 955. The molecule has 0 aromatic heterocycles. The van der Waals surface area contributed by atoms with E-state index in [0.29, 0.717) is 11.3 Å². The standard InChI is InChI=1S/C18H19ClN2O4S/c1-4-26(24,25)16-8-6-5-7-14(16)17(22)20-12-9-10-13(15(19)11-12)18(23)21(2)3/h5-11H,4H2,1-3H3,(H,20,22). The minimum absolute atomic E-state index is 0.0227. The van der Waals surface area contributed by atoms with Gasteiger partial charge in [-0.3, -0.25) is 9.59 Å². The van der Waals surface area contributed by atoms with Crippen molar-refractivity contribution in [2.45, 2.75) is 11.8 Å². The number of sulfone groups is 1. The number of benzene rings is 2. The molecule has 1 N–H and O–H groups in total. The molecule has 138 valence electrons. The first-order valence-corrected chi connectivity index (χ1v) is 9.84. The average molecular weight is 395 g/mol. The molecule has 0 atom stereocenters. The fourth-order valence-corrected chi connectivity index (χ4v) is 3.64. The second-order valence-electron chi connectivity index (χ2n) is 5.75. The minimum atomic E-state index is -3.54. The number of amides is 2. The Balaban J connectivity index is 2.32. The largest absolute Gasteiger partial charge is 0.345 e. The number of nitrogens with one attached hydrogen (secondary N) is 1. The maximum absolute atomic E-state index is 12.5. The van der Waals surface area contributed by atoms with Crippen LogP contribution in [0.5, 0.6) is 0 Å². The number of anilines is 1. The number of rotatable bonds is 5. The van der Waals surface area contributed by atoms with E-state index in [1.54, 1.807) is 26.2 Å². The average Bonchev–Trinajstić information content (AvgIpc) is 2.61. The van der Waals surface area contributed by atoms with Crippen molar-refractivity contribution in [2.24, 2.45) is 0 Å². The molecule has 0 saturated heterocycles. The molecule has 6 nitrogen and oxygen atoms in total. The monoisotopic (exact) mass is 394 g/mol. The smallest absolute Gasteiger partial charge is 0.256 e. The van der Waals surface area contributed by atoms with Crippen LogP contribution in [0, 0.1) is 0 Å². The summed E-state index contributed by atoms with van der Waals surface area (Å²) < 4.78 is 24.3. The van der Waals surface area contributed by atoms with Gasteiger partial charge in [-0.2, -0.15) is 0 Å². The lowest BCUT2D eigenvalue weighted by Crippen LogP contribution is -2.22. The molecular weight excluding hydrogens is 376 g/mol. The summed E-state index contributed by atoms with van der Waals surface area (Å²) in [4.78, 5) is 25.9. The van der Waals surface area contributed by atoms with Crippen molar-refractivity contribution in [2.75, 3.05) is 25.2 Å². The predicted octanol–water partition coefficient (Wildman–Crippen LogP) is 3.09. The van der Waals surface area contributed by atoms with Gasteiger partial charge in [0.05, 0.1) is 26.8 Å². The fraction of sp³-hybridized carbons (Fsp3) is 0.222. The number of carbonyl (C=O) groups excluding carboxylic acids is 2. The molecule has 0 spiro atoms. The molecule has 26 heavy (non-hydrogen) atoms. The van der Waals surface area contributed by atoms with Gasteiger partial charge in [0.25, 0.3) is 11.8 Å². The Labute approximate surface area is 157 Å². The molecule has 2 aromatic carbocycles. The Morgan fingerprint density at radius 3 is 2.31 bits per heavy atom. The zero-order valence-corrected chi connectivity index (χ0v) is 16.2. The van der Waals surface area contributed by atoms with Crippen molar-refractivity contribution < 1.29 is 18.0 Å². The first kappa shape index (κ1) is 19.9. The van der Waals surface area contributed by atoms with Gasteiger partial charge in [-0.25, -0.2) is 8.42 Å². The predicted molar refractivity (Wildman–Crippen MR) is 102 cm³/mol. The molecule has 0 aliphatic carbocycles. The van der Waals surface area contributed by atoms with Gasteiger partial charge in [-0.1, -0.05) is 30.7 Å². The van der Waals surface area contributed by atoms with Crippen molar-refractivity contribution in [1.29, 1.82) is 0 Å². The SMILES string of the molecule is CCS(=O)(=O)c1ccccc1C(=O)Nc1ccc(C(=O)N(C)C)c(Cl)c1. The van der Waals surface area contributed by atoms with E-state index in [1.807, 2.05) is 0 Å². The van der Waals surface area contributed by atoms with Gasteiger partial charge in [0, 0.05) is 19.8 Å². The number of hydrogen-bond donors (Lipinski definition) is 1. The quantitative estimate of drug-likeness (QED) is 0.844. The zero-order valence-electron chi connectivity index (χ0n) is 14.6. The molecule has 2 aromatic rings. The second kappa shape index (κ2) is 7.88. The van der Waals surface area contributed by atoms with E-state index >= 15 is 0 Å². The molecule has 0 bridgehead atoms. The molecule has 0 aliphatic rings. The molecule has 0 aliphatic heterocycles. The van der Waals surface area contributed by atoms with Crippen molar-refractivity contribution in [3.63, 3.8) is 0 Å². The van der Waals surface area contributed by atoms with Crippen LogP contribution in [0.3, 0.4) is 0 Å². The summed E-state index contributed by atoms with van der Waals surface area (Å²) in [6.07, 6.45) is 0. The van der Waals surface area contributed by atoms with E-state index in [4.69, 9.17) is 11.6 Å². The Morgan fingerprint density at radius 2 is 1.73 bits per heavy atom. The van der Waals surface area contributed by atoms with Gasteiger partial charge in [-0.15, -0.1) is 0 Å². The summed E-state index contributed by atoms with van der Waals surface area (Å²) in [7, 11) is -0.318. The van der Waals surface area contributed by atoms with E-state index in [9.17, 15) is 18.0 Å². The van der Waals surface area contributed by atoms with Crippen LogP contribution in [-0.2, 0) is 9.84 Å². The summed E-state index contributed by atoms with van der Waals surface area (Å²) in [5, 5.41) is 2.81. The second-order valence-corrected chi connectivity index (χ2v) is 8.40. The fourth-order valence-electron chi connectivity index (χ4n) is 2.29. The van der Waals surface area contributed by atoms with Gasteiger partial charge in [0.1, 0.15) is 0 Å². The Morgan fingerprint density at radius 1 is 1.08 bits per heavy atom. The van der Waals surface area contributed by atoms with Crippen molar-refractivity contribution in [1.82, 2.24) is 4.90 Å². The van der Waals surface area contributed by atoms with Crippen LogP contribution in [0.2, 0.25) is 5.02 Å². The van der Waals surface area contributed by atoms with Crippen LogP contribution in [-0.4, -0.2) is 45.0 Å². The highest BCUT2D eigenvalue weighted by molar-refractivity contribution is 7.91. The number of nitrogens with zero attached hydrogens (tertiary/aromatic N) is 1.